The Hall–Kier alpha value is -4.05. The maximum Gasteiger partial charge on any atom is 0.0541 e. The lowest BCUT2D eigenvalue weighted by Gasteiger charge is -2.24. The highest BCUT2D eigenvalue weighted by atomic mass is 32.2. The molecule has 184 valence electrons. The number of thioether (sulfide) groups is 1. The van der Waals surface area contributed by atoms with Crippen molar-refractivity contribution in [2.24, 2.45) is 0 Å². The summed E-state index contributed by atoms with van der Waals surface area (Å²) in [6.07, 6.45) is 7.01. The molecule has 5 aromatic carbocycles. The smallest absolute Gasteiger partial charge is 0.0541 e. The molecule has 0 saturated heterocycles. The van der Waals surface area contributed by atoms with Crippen LogP contribution in [0.4, 0.5) is 0 Å². The average molecular weight is 534 g/mol. The Morgan fingerprint density at radius 2 is 1.41 bits per heavy atom. The van der Waals surface area contributed by atoms with Gasteiger partial charge in [0.1, 0.15) is 0 Å². The summed E-state index contributed by atoms with van der Waals surface area (Å²) in [6.45, 7) is 0. The largest absolute Gasteiger partial charge is 0.309 e. The van der Waals surface area contributed by atoms with Gasteiger partial charge < -0.3 is 4.57 Å². The SMILES string of the molecule is C1=CC2c3ccccc3SC2C(c2cccc3sc4cc(-n5c6ccccc6c6ccccc65)ccc4c23)=C1. The Kier molecular flexibility index (Phi) is 4.60. The third kappa shape index (κ3) is 3.09. The number of rotatable bonds is 2. The van der Waals surface area contributed by atoms with Crippen LogP contribution in [0.3, 0.4) is 0 Å². The number of aromatic nitrogens is 1. The topological polar surface area (TPSA) is 4.93 Å². The van der Waals surface area contributed by atoms with E-state index < -0.39 is 0 Å². The van der Waals surface area contributed by atoms with Gasteiger partial charge in [-0.05, 0) is 53.1 Å². The van der Waals surface area contributed by atoms with Crippen LogP contribution in [-0.4, -0.2) is 9.82 Å². The van der Waals surface area contributed by atoms with Crippen molar-refractivity contribution in [3.8, 4) is 5.69 Å². The van der Waals surface area contributed by atoms with E-state index in [4.69, 9.17) is 0 Å². The number of benzene rings is 5. The second-order valence-electron chi connectivity index (χ2n) is 10.4. The van der Waals surface area contributed by atoms with Crippen LogP contribution >= 0.6 is 23.1 Å². The number of hydrogen-bond donors (Lipinski definition) is 0. The van der Waals surface area contributed by atoms with Crippen molar-refractivity contribution < 1.29 is 0 Å². The number of fused-ring (bicyclic) bond motifs is 9. The monoisotopic (exact) mass is 533 g/mol. The van der Waals surface area contributed by atoms with Crippen LogP contribution in [0.25, 0.3) is 53.2 Å². The van der Waals surface area contributed by atoms with Crippen LogP contribution < -0.4 is 0 Å². The fourth-order valence-corrected chi connectivity index (χ4v) is 9.36. The molecular weight excluding hydrogens is 511 g/mol. The van der Waals surface area contributed by atoms with Crippen LogP contribution in [0.15, 0.2) is 132 Å². The second kappa shape index (κ2) is 8.22. The Balaban J connectivity index is 1.23. The summed E-state index contributed by atoms with van der Waals surface area (Å²) >= 11 is 3.93. The minimum absolute atomic E-state index is 0.421. The molecule has 2 unspecified atom stereocenters. The van der Waals surface area contributed by atoms with Gasteiger partial charge in [0, 0.05) is 52.7 Å². The molecule has 1 aliphatic carbocycles. The second-order valence-corrected chi connectivity index (χ2v) is 12.7. The zero-order valence-corrected chi connectivity index (χ0v) is 22.7. The first-order chi connectivity index (χ1) is 19.3. The van der Waals surface area contributed by atoms with E-state index in [0.29, 0.717) is 11.2 Å². The molecule has 9 rings (SSSR count). The molecule has 0 bridgehead atoms. The molecule has 7 aromatic rings. The molecule has 3 heterocycles. The van der Waals surface area contributed by atoms with Crippen molar-refractivity contribution in [2.75, 3.05) is 0 Å². The van der Waals surface area contributed by atoms with E-state index in [9.17, 15) is 0 Å². The van der Waals surface area contributed by atoms with Gasteiger partial charge in [-0.25, -0.2) is 0 Å². The summed E-state index contributed by atoms with van der Waals surface area (Å²) in [4.78, 5) is 1.42. The molecule has 0 N–H and O–H groups in total. The van der Waals surface area contributed by atoms with Gasteiger partial charge in [-0.1, -0.05) is 91.0 Å². The van der Waals surface area contributed by atoms with Gasteiger partial charge >= 0.3 is 0 Å². The van der Waals surface area contributed by atoms with Crippen LogP contribution in [0.5, 0.6) is 0 Å². The molecule has 0 fully saturated rings. The summed E-state index contributed by atoms with van der Waals surface area (Å²) < 4.78 is 5.11. The fraction of sp³-hybridized carbons (Fsp3) is 0.0556. The predicted molar refractivity (Wildman–Crippen MR) is 170 cm³/mol. The van der Waals surface area contributed by atoms with Gasteiger partial charge in [-0.15, -0.1) is 23.1 Å². The molecule has 0 spiro atoms. The van der Waals surface area contributed by atoms with E-state index in [1.165, 1.54) is 69.3 Å². The molecule has 39 heavy (non-hydrogen) atoms. The lowest BCUT2D eigenvalue weighted by Crippen LogP contribution is -2.13. The van der Waals surface area contributed by atoms with E-state index in [2.05, 4.69) is 132 Å². The average Bonchev–Trinajstić information content (AvgIpc) is 3.66. The van der Waals surface area contributed by atoms with Gasteiger partial charge in [-0.2, -0.15) is 0 Å². The summed E-state index contributed by atoms with van der Waals surface area (Å²) in [6, 6.07) is 40.3. The summed E-state index contributed by atoms with van der Waals surface area (Å²) in [5.41, 5.74) is 8.01. The Morgan fingerprint density at radius 3 is 2.26 bits per heavy atom. The molecule has 2 atom stereocenters. The van der Waals surface area contributed by atoms with Crippen LogP contribution in [0.2, 0.25) is 0 Å². The van der Waals surface area contributed by atoms with E-state index in [0.717, 1.165) is 0 Å². The third-order valence-corrected chi connectivity index (χ3v) is 10.9. The van der Waals surface area contributed by atoms with Crippen molar-refractivity contribution in [1.29, 1.82) is 0 Å². The van der Waals surface area contributed by atoms with E-state index >= 15 is 0 Å². The summed E-state index contributed by atoms with van der Waals surface area (Å²) in [5, 5.41) is 5.76. The Labute approximate surface area is 234 Å². The van der Waals surface area contributed by atoms with E-state index in [1.54, 1.807) is 0 Å². The summed E-state index contributed by atoms with van der Waals surface area (Å²) in [7, 11) is 0. The Morgan fingerprint density at radius 1 is 0.641 bits per heavy atom. The molecular formula is C36H23NS2. The zero-order chi connectivity index (χ0) is 25.5. The van der Waals surface area contributed by atoms with E-state index in [1.807, 2.05) is 23.1 Å². The molecule has 1 nitrogen and oxygen atoms in total. The lowest BCUT2D eigenvalue weighted by molar-refractivity contribution is 0.894. The molecule has 0 saturated carbocycles. The van der Waals surface area contributed by atoms with Crippen LogP contribution in [0, 0.1) is 0 Å². The van der Waals surface area contributed by atoms with Crippen molar-refractivity contribution in [3.05, 3.63) is 139 Å². The number of para-hydroxylation sites is 2. The highest BCUT2D eigenvalue weighted by Crippen LogP contribution is 2.54. The van der Waals surface area contributed by atoms with Gasteiger partial charge in [0.2, 0.25) is 0 Å². The fourth-order valence-electron chi connectivity index (χ4n) is 6.71. The van der Waals surface area contributed by atoms with Crippen LogP contribution in [-0.2, 0) is 0 Å². The van der Waals surface area contributed by atoms with Crippen molar-refractivity contribution in [1.82, 2.24) is 4.57 Å². The molecule has 3 heteroatoms. The van der Waals surface area contributed by atoms with Gasteiger partial charge in [0.15, 0.2) is 0 Å². The quantitative estimate of drug-likeness (QED) is 0.214. The van der Waals surface area contributed by atoms with Crippen molar-refractivity contribution in [3.63, 3.8) is 0 Å². The van der Waals surface area contributed by atoms with Gasteiger partial charge in [-0.3, -0.25) is 0 Å². The van der Waals surface area contributed by atoms with Crippen LogP contribution in [0.1, 0.15) is 17.0 Å². The maximum absolute atomic E-state index is 2.42. The minimum atomic E-state index is 0.421. The zero-order valence-electron chi connectivity index (χ0n) is 21.0. The molecule has 2 aliphatic rings. The predicted octanol–water partition coefficient (Wildman–Crippen LogP) is 10.4. The van der Waals surface area contributed by atoms with Crippen molar-refractivity contribution in [2.45, 2.75) is 16.1 Å². The highest BCUT2D eigenvalue weighted by molar-refractivity contribution is 8.00. The summed E-state index contributed by atoms with van der Waals surface area (Å²) in [5.74, 6) is 0.438. The first kappa shape index (κ1) is 21.8. The number of allylic oxidation sites excluding steroid dienone is 3. The van der Waals surface area contributed by atoms with Gasteiger partial charge in [0.25, 0.3) is 0 Å². The standard InChI is InChI=1S/C36H23NS2/c1-4-15-30-23(9-1)24-10-2-5-16-31(24)37(30)22-19-20-29-34(21-22)38-33-18-8-12-26(35(29)33)28-14-7-13-27-25-11-3-6-17-32(25)39-36(27)28/h1-21,27,36H. The maximum atomic E-state index is 2.42. The number of hydrogen-bond acceptors (Lipinski definition) is 2. The molecule has 1 aliphatic heterocycles. The van der Waals surface area contributed by atoms with Gasteiger partial charge in [0.05, 0.1) is 11.0 Å². The number of thiophene rings is 1. The normalized spacial score (nSPS) is 18.2. The molecule has 0 amide bonds. The first-order valence-corrected chi connectivity index (χ1v) is 15.1. The molecule has 2 aromatic heterocycles. The number of nitrogens with zero attached hydrogens (tertiary/aromatic N) is 1. The molecule has 0 radical (unpaired) electrons. The minimum Gasteiger partial charge on any atom is -0.309 e. The van der Waals surface area contributed by atoms with E-state index in [-0.39, 0.29) is 0 Å². The third-order valence-electron chi connectivity index (χ3n) is 8.39. The lowest BCUT2D eigenvalue weighted by atomic mass is 9.84. The first-order valence-electron chi connectivity index (χ1n) is 13.4. The highest BCUT2D eigenvalue weighted by Gasteiger charge is 2.36. The van der Waals surface area contributed by atoms with Crippen molar-refractivity contribution >= 4 is 70.6 Å². The Bertz CT molecular complexity index is 2120.